The van der Waals surface area contributed by atoms with Gasteiger partial charge in [-0.25, -0.2) is 4.90 Å². The average Bonchev–Trinajstić information content (AvgIpc) is 3.19. The molecule has 8 heteroatoms. The number of nitrogens with zero attached hydrogens (tertiary/aromatic N) is 1. The Morgan fingerprint density at radius 3 is 2.52 bits per heavy atom. The van der Waals surface area contributed by atoms with E-state index in [2.05, 4.69) is 5.48 Å². The third kappa shape index (κ3) is 2.77. The molecule has 0 radical (unpaired) electrons. The molecule has 0 unspecified atom stereocenters. The number of ether oxygens (including phenoxy) is 1. The van der Waals surface area contributed by atoms with Gasteiger partial charge < -0.3 is 4.74 Å². The fraction of sp³-hybridized carbons (Fsp3) is 0.158. The lowest BCUT2D eigenvalue weighted by molar-refractivity contribution is -0.127. The first-order valence-corrected chi connectivity index (χ1v) is 8.82. The van der Waals surface area contributed by atoms with E-state index < -0.39 is 17.9 Å². The smallest absolute Gasteiger partial charge is 0.270 e. The van der Waals surface area contributed by atoms with E-state index in [0.29, 0.717) is 32.7 Å². The van der Waals surface area contributed by atoms with Crippen molar-refractivity contribution in [1.82, 2.24) is 5.48 Å². The molecule has 1 N–H and O–H groups in total. The van der Waals surface area contributed by atoms with Crippen molar-refractivity contribution in [2.75, 3.05) is 12.0 Å². The number of halogens is 2. The second-order valence-electron chi connectivity index (χ2n) is 6.15. The number of hydrogen-bond donors (Lipinski definition) is 1. The third-order valence-corrected chi connectivity index (χ3v) is 5.18. The van der Waals surface area contributed by atoms with E-state index in [-0.39, 0.29) is 5.57 Å². The van der Waals surface area contributed by atoms with Crippen LogP contribution in [-0.4, -0.2) is 25.0 Å². The molecular formula is C19H14Cl2N2O4. The maximum Gasteiger partial charge on any atom is 0.270 e. The molecule has 2 amide bonds. The predicted octanol–water partition coefficient (Wildman–Crippen LogP) is 3.50. The largest absolute Gasteiger partial charge is 0.494 e. The third-order valence-electron chi connectivity index (χ3n) is 4.52. The number of amides is 2. The van der Waals surface area contributed by atoms with Crippen molar-refractivity contribution in [2.24, 2.45) is 0 Å². The Hall–Kier alpha value is -2.54. The van der Waals surface area contributed by atoms with E-state index in [1.165, 1.54) is 7.11 Å². The van der Waals surface area contributed by atoms with E-state index in [0.717, 1.165) is 10.5 Å². The number of carbonyl (C=O) groups is 2. The van der Waals surface area contributed by atoms with Crippen molar-refractivity contribution in [3.8, 4) is 5.75 Å². The van der Waals surface area contributed by atoms with Gasteiger partial charge in [-0.3, -0.25) is 19.9 Å². The summed E-state index contributed by atoms with van der Waals surface area (Å²) in [7, 11) is 1.45. The number of methoxy groups -OCH3 is 1. The lowest BCUT2D eigenvalue weighted by Gasteiger charge is -2.19. The van der Waals surface area contributed by atoms with Crippen molar-refractivity contribution in [3.05, 3.63) is 63.1 Å². The van der Waals surface area contributed by atoms with Crippen LogP contribution < -0.4 is 15.1 Å². The number of aryl methyl sites for hydroxylation is 1. The highest BCUT2D eigenvalue weighted by atomic mass is 35.5. The molecule has 2 aliphatic heterocycles. The fourth-order valence-corrected chi connectivity index (χ4v) is 3.42. The van der Waals surface area contributed by atoms with E-state index in [1.807, 2.05) is 0 Å². The molecule has 27 heavy (non-hydrogen) atoms. The second-order valence-corrected chi connectivity index (χ2v) is 6.99. The van der Waals surface area contributed by atoms with Crippen LogP contribution in [0.1, 0.15) is 11.1 Å². The van der Waals surface area contributed by atoms with Gasteiger partial charge in [0.05, 0.1) is 24.1 Å². The maximum atomic E-state index is 13.1. The van der Waals surface area contributed by atoms with E-state index >= 15 is 0 Å². The Kier molecular flexibility index (Phi) is 4.34. The standard InChI is InChI=1S/C19H14Cl2N2O4/c1-9-7-13(14(26-2)8-12(9)21)23-18(24)15-16(22-27-17(15)19(23)25)10-3-5-11(20)6-4-10/h3-8,17,22H,1-2H3/t17-/m1/s1. The van der Waals surface area contributed by atoms with Crippen LogP contribution >= 0.6 is 23.2 Å². The molecule has 1 fully saturated rings. The van der Waals surface area contributed by atoms with E-state index in [1.54, 1.807) is 43.3 Å². The van der Waals surface area contributed by atoms with E-state index in [4.69, 9.17) is 32.8 Å². The van der Waals surface area contributed by atoms with Crippen LogP contribution in [0.15, 0.2) is 42.0 Å². The number of rotatable bonds is 3. The van der Waals surface area contributed by atoms with Gasteiger partial charge in [0.1, 0.15) is 5.75 Å². The van der Waals surface area contributed by atoms with Crippen LogP contribution in [0.4, 0.5) is 5.69 Å². The summed E-state index contributed by atoms with van der Waals surface area (Å²) in [5.41, 5.74) is 5.13. The number of hydroxylamine groups is 1. The zero-order chi connectivity index (χ0) is 19.3. The van der Waals surface area contributed by atoms with Crippen molar-refractivity contribution in [3.63, 3.8) is 0 Å². The lowest BCUT2D eigenvalue weighted by atomic mass is 10.1. The minimum atomic E-state index is -1.02. The molecule has 2 aliphatic rings. The lowest BCUT2D eigenvalue weighted by Crippen LogP contribution is -2.34. The number of benzene rings is 2. The summed E-state index contributed by atoms with van der Waals surface area (Å²) in [6, 6.07) is 10.1. The highest BCUT2D eigenvalue weighted by molar-refractivity contribution is 6.34. The molecule has 1 atom stereocenters. The van der Waals surface area contributed by atoms with Crippen LogP contribution in [0.3, 0.4) is 0 Å². The Balaban J connectivity index is 1.82. The number of anilines is 1. The van der Waals surface area contributed by atoms with E-state index in [9.17, 15) is 9.59 Å². The van der Waals surface area contributed by atoms with Gasteiger partial charge in [-0.05, 0) is 30.7 Å². The van der Waals surface area contributed by atoms with Crippen LogP contribution in [-0.2, 0) is 14.4 Å². The minimum absolute atomic E-state index is 0.247. The molecule has 4 rings (SSSR count). The van der Waals surface area contributed by atoms with Crippen molar-refractivity contribution < 1.29 is 19.2 Å². The first-order valence-electron chi connectivity index (χ1n) is 8.06. The SMILES string of the molecule is COc1cc(Cl)c(C)cc1N1C(=O)C2=C(c3ccc(Cl)cc3)NO[C@H]2C1=O. The molecule has 0 aromatic heterocycles. The number of fused-ring (bicyclic) bond motifs is 1. The van der Waals surface area contributed by atoms with Crippen LogP contribution in [0.2, 0.25) is 10.0 Å². The molecule has 2 aromatic rings. The fourth-order valence-electron chi connectivity index (χ4n) is 3.14. The molecule has 0 spiro atoms. The van der Waals surface area contributed by atoms with Gasteiger partial charge in [-0.15, -0.1) is 0 Å². The van der Waals surface area contributed by atoms with Crippen molar-refractivity contribution in [1.29, 1.82) is 0 Å². The van der Waals surface area contributed by atoms with Gasteiger partial charge in [0.25, 0.3) is 11.8 Å². The molecule has 0 bridgehead atoms. The summed E-state index contributed by atoms with van der Waals surface area (Å²) in [5, 5.41) is 1.05. The summed E-state index contributed by atoms with van der Waals surface area (Å²) < 4.78 is 5.32. The Bertz CT molecular complexity index is 1000. The Morgan fingerprint density at radius 2 is 1.85 bits per heavy atom. The van der Waals surface area contributed by atoms with Crippen LogP contribution in [0.5, 0.6) is 5.75 Å². The van der Waals surface area contributed by atoms with Gasteiger partial charge in [-0.1, -0.05) is 35.3 Å². The van der Waals surface area contributed by atoms with Gasteiger partial charge in [-0.2, -0.15) is 0 Å². The summed E-state index contributed by atoms with van der Waals surface area (Å²) in [5.74, 6) is -0.639. The second kappa shape index (κ2) is 6.56. The normalized spacial score (nSPS) is 18.8. The maximum absolute atomic E-state index is 13.1. The number of hydrogen-bond acceptors (Lipinski definition) is 5. The van der Waals surface area contributed by atoms with Crippen molar-refractivity contribution >= 4 is 46.4 Å². The quantitative estimate of drug-likeness (QED) is 0.792. The summed E-state index contributed by atoms with van der Waals surface area (Å²) >= 11 is 12.1. The molecule has 1 saturated heterocycles. The number of carbonyl (C=O) groups excluding carboxylic acids is 2. The minimum Gasteiger partial charge on any atom is -0.494 e. The summed E-state index contributed by atoms with van der Waals surface area (Å²) in [6.07, 6.45) is -1.02. The zero-order valence-corrected chi connectivity index (χ0v) is 15.9. The Labute approximate surface area is 165 Å². The first kappa shape index (κ1) is 17.9. The highest BCUT2D eigenvalue weighted by Crippen LogP contribution is 2.41. The highest BCUT2D eigenvalue weighted by Gasteiger charge is 2.51. The number of imide groups is 1. The first-order chi connectivity index (χ1) is 12.9. The monoisotopic (exact) mass is 404 g/mol. The number of nitrogens with one attached hydrogen (secondary N) is 1. The molecule has 2 heterocycles. The molecule has 138 valence electrons. The summed E-state index contributed by atoms with van der Waals surface area (Å²) in [4.78, 5) is 32.5. The average molecular weight is 405 g/mol. The topological polar surface area (TPSA) is 67.9 Å². The van der Waals surface area contributed by atoms with Crippen molar-refractivity contribution in [2.45, 2.75) is 13.0 Å². The Morgan fingerprint density at radius 1 is 1.15 bits per heavy atom. The van der Waals surface area contributed by atoms with Gasteiger partial charge >= 0.3 is 0 Å². The molecular weight excluding hydrogens is 391 g/mol. The van der Waals surface area contributed by atoms with Gasteiger partial charge in [0, 0.05) is 21.7 Å². The summed E-state index contributed by atoms with van der Waals surface area (Å²) in [6.45, 7) is 1.79. The predicted molar refractivity (Wildman–Crippen MR) is 102 cm³/mol. The zero-order valence-electron chi connectivity index (χ0n) is 14.4. The molecule has 0 aliphatic carbocycles. The van der Waals surface area contributed by atoms with Crippen LogP contribution in [0, 0.1) is 6.92 Å². The van der Waals surface area contributed by atoms with Crippen LogP contribution in [0.25, 0.3) is 5.70 Å². The molecule has 6 nitrogen and oxygen atoms in total. The van der Waals surface area contributed by atoms with Gasteiger partial charge in [0.2, 0.25) is 0 Å². The van der Waals surface area contributed by atoms with Gasteiger partial charge in [0.15, 0.2) is 6.10 Å². The molecule has 0 saturated carbocycles. The molecule has 2 aromatic carbocycles.